The highest BCUT2D eigenvalue weighted by Gasteiger charge is 2.45. The molecule has 2 aromatic carbocycles. The molecule has 0 aliphatic carbocycles. The molecule has 37 nitrogen and oxygen atoms in total. The normalized spacial score (nSPS) is 21.8. The van der Waals surface area contributed by atoms with Gasteiger partial charge in [0.05, 0.1) is 45.6 Å². The molecular formula is C77H116N14O23S2. The topological polar surface area (TPSA) is 523 Å². The number of carbonyl (C=O) groups excluding carboxylic acids is 11. The minimum atomic E-state index is -1.77. The van der Waals surface area contributed by atoms with E-state index in [1.165, 1.54) is 40.2 Å². The predicted octanol–water partition coefficient (Wildman–Crippen LogP) is -1.61. The maximum absolute atomic E-state index is 15.1. The average Bonchev–Trinajstić information content (AvgIpc) is 1.61. The molecule has 0 spiro atoms. The van der Waals surface area contributed by atoms with Crippen molar-refractivity contribution in [3.05, 3.63) is 71.3 Å². The van der Waals surface area contributed by atoms with E-state index in [1.807, 2.05) is 31.2 Å². The Labute approximate surface area is 683 Å². The van der Waals surface area contributed by atoms with Gasteiger partial charge in [0.15, 0.2) is 0 Å². The van der Waals surface area contributed by atoms with Gasteiger partial charge >= 0.3 is 23.9 Å². The van der Waals surface area contributed by atoms with Gasteiger partial charge in [-0.2, -0.15) is 23.5 Å². The average molecular weight is 1670 g/mol. The summed E-state index contributed by atoms with van der Waals surface area (Å²) in [4.78, 5) is 208. The van der Waals surface area contributed by atoms with Crippen molar-refractivity contribution in [3.8, 4) is 0 Å². The van der Waals surface area contributed by atoms with E-state index in [0.29, 0.717) is 81.9 Å². The van der Waals surface area contributed by atoms with Gasteiger partial charge in [-0.3, -0.25) is 86.6 Å². The first-order chi connectivity index (χ1) is 55.6. The summed E-state index contributed by atoms with van der Waals surface area (Å²) in [5.74, 6) is -11.8. The number of aliphatic carboxylic acids is 4. The zero-order valence-electron chi connectivity index (χ0n) is 66.1. The molecule has 4 heterocycles. The van der Waals surface area contributed by atoms with Crippen LogP contribution in [0.2, 0.25) is 0 Å². The number of nitrogens with one attached hydrogen (secondary N) is 8. The lowest BCUT2D eigenvalue weighted by Crippen LogP contribution is -2.61. The van der Waals surface area contributed by atoms with Crippen LogP contribution in [0, 0.1) is 0 Å². The van der Waals surface area contributed by atoms with Crippen LogP contribution < -0.4 is 48.3 Å². The number of carbonyl (C=O) groups is 15. The maximum atomic E-state index is 15.1. The van der Waals surface area contributed by atoms with Gasteiger partial charge in [-0.05, 0) is 81.4 Å². The molecule has 11 amide bonds. The zero-order valence-corrected chi connectivity index (χ0v) is 67.7. The first-order valence-corrected chi connectivity index (χ1v) is 41.9. The minimum absolute atomic E-state index is 0.00498. The molecule has 116 heavy (non-hydrogen) atoms. The van der Waals surface area contributed by atoms with Crippen molar-refractivity contribution in [1.82, 2.24) is 67.0 Å². The Balaban J connectivity index is 0.988. The summed E-state index contributed by atoms with van der Waals surface area (Å²) in [6.45, 7) is 6.47. The number of hydrogen-bond acceptors (Lipinski definition) is 24. The molecule has 0 aromatic heterocycles. The fourth-order valence-electron chi connectivity index (χ4n) is 13.7. The summed E-state index contributed by atoms with van der Waals surface area (Å²) >= 11 is 2.59. The number of nitrogens with two attached hydrogens (primary N) is 1. The van der Waals surface area contributed by atoms with E-state index in [-0.39, 0.29) is 161 Å². The second-order valence-electron chi connectivity index (χ2n) is 29.0. The second kappa shape index (κ2) is 51.9. The van der Waals surface area contributed by atoms with Gasteiger partial charge in [-0.15, -0.1) is 0 Å². The molecule has 4 aliphatic rings. The molecule has 2 unspecified atom stereocenters. The zero-order chi connectivity index (χ0) is 84.5. The van der Waals surface area contributed by atoms with E-state index in [9.17, 15) is 92.7 Å². The van der Waals surface area contributed by atoms with E-state index >= 15 is 4.79 Å². The summed E-state index contributed by atoms with van der Waals surface area (Å²) in [6.07, 6.45) is -0.182. The number of primary amides is 1. The van der Waals surface area contributed by atoms with E-state index in [1.54, 1.807) is 45.0 Å². The Morgan fingerprint density at radius 3 is 1.68 bits per heavy atom. The minimum Gasteiger partial charge on any atom is -0.481 e. The quantitative estimate of drug-likeness (QED) is 0.0335. The molecule has 10 atom stereocenters. The molecule has 2 bridgehead atoms. The Bertz CT molecular complexity index is 3560. The lowest BCUT2D eigenvalue weighted by molar-refractivity contribution is -0.148. The fourth-order valence-corrected chi connectivity index (χ4v) is 15.7. The first-order valence-electron chi connectivity index (χ1n) is 39.6. The number of fused-ring (bicyclic) bond motifs is 4. The largest absolute Gasteiger partial charge is 0.481 e. The molecule has 3 saturated heterocycles. The van der Waals surface area contributed by atoms with Crippen LogP contribution in [-0.4, -0.2) is 329 Å². The number of carboxylic acids is 4. The SMILES string of the molecule is CCCC[C@H](NC(=O)CCC(=O)NCCCOCCOCCOCCCNC(=O)CCC(C(=O)O)N1CCN(CC(=O)O)CCN(CC(=O)O)CC1)C(=O)N[C@H]1CSCc2cccc(c2)CSCC(C(N)=O)NC(=O)[C@H](Cc2ccccc2)NC(=O)[C@H](CCC(=O)O)NC(=O)[C@H]([C@@H](C)O)NC(=O)[C@@H]2CCCN2C(=O)[C@@H]2CCCN2C1=O. The van der Waals surface area contributed by atoms with Crippen molar-refractivity contribution in [1.29, 1.82) is 0 Å². The van der Waals surface area contributed by atoms with Gasteiger partial charge < -0.3 is 97.8 Å². The van der Waals surface area contributed by atoms with Crippen molar-refractivity contribution in [2.45, 2.75) is 189 Å². The lowest BCUT2D eigenvalue weighted by atomic mass is 10.0. The van der Waals surface area contributed by atoms with Crippen LogP contribution in [0.25, 0.3) is 0 Å². The van der Waals surface area contributed by atoms with Crippen molar-refractivity contribution in [2.24, 2.45) is 5.73 Å². The number of hydrogen-bond donors (Lipinski definition) is 14. The third-order valence-corrected chi connectivity index (χ3v) is 22.1. The first kappa shape index (κ1) is 95.8. The number of unbranched alkanes of at least 4 members (excludes halogenated alkanes) is 1. The molecule has 39 heteroatoms. The molecule has 2 aromatic rings. The van der Waals surface area contributed by atoms with Crippen molar-refractivity contribution < 1.29 is 112 Å². The maximum Gasteiger partial charge on any atom is 0.320 e. The Kier molecular flexibility index (Phi) is 42.8. The van der Waals surface area contributed by atoms with Crippen LogP contribution in [0.3, 0.4) is 0 Å². The summed E-state index contributed by atoms with van der Waals surface area (Å²) in [5, 5.41) is 70.9. The molecule has 0 saturated carbocycles. The molecule has 0 radical (unpaired) electrons. The van der Waals surface area contributed by atoms with Crippen molar-refractivity contribution in [3.63, 3.8) is 0 Å². The van der Waals surface area contributed by atoms with E-state index in [0.717, 1.165) is 11.1 Å². The third-order valence-electron chi connectivity index (χ3n) is 19.9. The van der Waals surface area contributed by atoms with Gasteiger partial charge in [0.2, 0.25) is 65.0 Å². The van der Waals surface area contributed by atoms with Gasteiger partial charge in [0, 0.05) is 134 Å². The Morgan fingerprint density at radius 1 is 0.569 bits per heavy atom. The number of benzene rings is 2. The number of rotatable bonds is 39. The summed E-state index contributed by atoms with van der Waals surface area (Å²) in [7, 11) is 0. The number of nitrogens with zero attached hydrogens (tertiary/aromatic N) is 5. The molecule has 3 fully saturated rings. The van der Waals surface area contributed by atoms with Crippen LogP contribution >= 0.6 is 23.5 Å². The van der Waals surface area contributed by atoms with Gasteiger partial charge in [-0.1, -0.05) is 74.4 Å². The Hall–Kier alpha value is -9.09. The number of aliphatic hydroxyl groups is 1. The summed E-state index contributed by atoms with van der Waals surface area (Å²) < 4.78 is 16.8. The van der Waals surface area contributed by atoms with E-state index in [4.69, 9.17) is 19.9 Å². The van der Waals surface area contributed by atoms with Crippen molar-refractivity contribution >= 4 is 112 Å². The number of amides is 11. The van der Waals surface area contributed by atoms with Crippen molar-refractivity contribution in [2.75, 3.05) is 130 Å². The molecule has 15 N–H and O–H groups in total. The molecular weight excluding hydrogens is 1550 g/mol. The fraction of sp³-hybridized carbons (Fsp3) is 0.649. The third kappa shape index (κ3) is 34.6. The Morgan fingerprint density at radius 2 is 1.11 bits per heavy atom. The van der Waals surface area contributed by atoms with E-state index in [2.05, 4.69) is 42.5 Å². The van der Waals surface area contributed by atoms with Gasteiger partial charge in [0.1, 0.15) is 54.4 Å². The highest BCUT2D eigenvalue weighted by atomic mass is 32.2. The second-order valence-corrected chi connectivity index (χ2v) is 31.1. The molecule has 6 rings (SSSR count). The van der Waals surface area contributed by atoms with Crippen LogP contribution in [0.5, 0.6) is 0 Å². The highest BCUT2D eigenvalue weighted by Crippen LogP contribution is 2.28. The van der Waals surface area contributed by atoms with Crippen LogP contribution in [0.4, 0.5) is 0 Å². The van der Waals surface area contributed by atoms with Gasteiger partial charge in [0.25, 0.3) is 0 Å². The van der Waals surface area contributed by atoms with Gasteiger partial charge in [-0.25, -0.2) is 0 Å². The number of carboxylic acid groups (broad SMARTS) is 4. The monoisotopic (exact) mass is 1670 g/mol. The molecule has 4 aliphatic heterocycles. The smallest absolute Gasteiger partial charge is 0.320 e. The lowest BCUT2D eigenvalue weighted by Gasteiger charge is -2.34. The number of thioether (sulfide) groups is 2. The standard InChI is InChI=1S/C77H116N14O23S2/c1-3-4-17-54(81-64(95)24-23-63(94)80-27-12-37-113-39-41-114-40-38-112-36-11-26-79-62(93)22-21-61(77(110)111)89-34-32-87(44-66(98)99)30-31-88(33-35-89)45-67(100)101)70(103)85-58-49-116-47-53-16-8-15-52(42-53)46-115-48-57(69(78)102)84-72(105)56(43-51-13-6-5-7-14-51)83-71(104)55(20-25-65(96)97)82-74(107)68(50(2)92)86-73(106)59-18-9-28-90(59)76(109)60-19-10-29-91(60)75(58)108/h5-8,13-16,42,50,54-61,68,92H,3-4,9-12,17-41,43-49H2,1-2H3,(H2,78,102)(H,79,93)(H,80,94)(H,81,95)(H,82,107)(H,83,104)(H,84,105)(H,85,103)(H,86,106)(H,96,97)(H,98,99)(H,100,101)(H,110,111)/t50-,54+,55+,56+,57?,58+,59+,60+,61?,68+/m1/s1. The van der Waals surface area contributed by atoms with E-state index < -0.39 is 156 Å². The summed E-state index contributed by atoms with van der Waals surface area (Å²) in [6, 6.07) is 4.21. The predicted molar refractivity (Wildman–Crippen MR) is 425 cm³/mol. The molecule has 644 valence electrons. The number of ether oxygens (including phenoxy) is 3. The van der Waals surface area contributed by atoms with Crippen LogP contribution in [0.1, 0.15) is 127 Å². The number of aliphatic hydroxyl groups excluding tert-OH is 1. The van der Waals surface area contributed by atoms with Crippen LogP contribution in [-0.2, 0) is 104 Å². The highest BCUT2D eigenvalue weighted by molar-refractivity contribution is 7.98. The van der Waals surface area contributed by atoms with Crippen LogP contribution in [0.15, 0.2) is 54.6 Å². The summed E-state index contributed by atoms with van der Waals surface area (Å²) in [5.41, 5.74) is 8.07.